The van der Waals surface area contributed by atoms with Gasteiger partial charge in [-0.3, -0.25) is 4.79 Å². The predicted octanol–water partition coefficient (Wildman–Crippen LogP) is 2.13. The summed E-state index contributed by atoms with van der Waals surface area (Å²) in [5.41, 5.74) is 0.500. The minimum atomic E-state index is -1.01. The molecule has 0 unspecified atom stereocenters. The van der Waals surface area contributed by atoms with Crippen molar-refractivity contribution in [1.29, 1.82) is 0 Å². The molecule has 17 heavy (non-hydrogen) atoms. The third kappa shape index (κ3) is 3.69. The van der Waals surface area contributed by atoms with E-state index in [0.29, 0.717) is 5.56 Å². The van der Waals surface area contributed by atoms with Gasteiger partial charge in [0.1, 0.15) is 6.04 Å². The summed E-state index contributed by atoms with van der Waals surface area (Å²) in [5.74, 6) is -1.52. The van der Waals surface area contributed by atoms with Crippen LogP contribution in [0, 0.1) is 9.49 Å². The molecule has 0 saturated carbocycles. The van der Waals surface area contributed by atoms with Crippen molar-refractivity contribution < 1.29 is 14.7 Å². The van der Waals surface area contributed by atoms with Crippen LogP contribution in [0.2, 0.25) is 0 Å². The molecule has 1 atom stereocenters. The third-order valence-corrected chi connectivity index (χ3v) is 3.28. The number of aliphatic carboxylic acids is 1. The molecular weight excluding hydrogens is 333 g/mol. The van der Waals surface area contributed by atoms with Crippen LogP contribution in [-0.2, 0) is 4.79 Å². The lowest BCUT2D eigenvalue weighted by atomic mass is 10.0. The summed E-state index contributed by atoms with van der Waals surface area (Å²) in [5, 5.41) is 11.5. The Morgan fingerprint density at radius 3 is 2.35 bits per heavy atom. The maximum absolute atomic E-state index is 11.9. The van der Waals surface area contributed by atoms with Gasteiger partial charge in [-0.15, -0.1) is 0 Å². The molecule has 0 aliphatic heterocycles. The molecule has 0 aliphatic rings. The van der Waals surface area contributed by atoms with Gasteiger partial charge in [0, 0.05) is 3.57 Å². The van der Waals surface area contributed by atoms with Crippen LogP contribution in [0.3, 0.4) is 0 Å². The summed E-state index contributed by atoms with van der Waals surface area (Å²) in [7, 11) is 0. The molecule has 2 N–H and O–H groups in total. The molecule has 0 fully saturated rings. The molecule has 0 heterocycles. The second-order valence-electron chi connectivity index (χ2n) is 4.01. The van der Waals surface area contributed by atoms with Crippen LogP contribution in [0.1, 0.15) is 24.2 Å². The zero-order valence-electron chi connectivity index (χ0n) is 9.61. The SMILES string of the molecule is CC(C)[C@H](NC(=O)c1ccccc1I)C(=O)O. The van der Waals surface area contributed by atoms with E-state index in [2.05, 4.69) is 5.32 Å². The van der Waals surface area contributed by atoms with Crippen LogP contribution < -0.4 is 5.32 Å². The Kier molecular flexibility index (Phi) is 4.92. The lowest BCUT2D eigenvalue weighted by Gasteiger charge is -2.18. The normalized spacial score (nSPS) is 12.2. The highest BCUT2D eigenvalue weighted by Crippen LogP contribution is 2.12. The summed E-state index contributed by atoms with van der Waals surface area (Å²) in [4.78, 5) is 22.9. The minimum absolute atomic E-state index is 0.155. The first-order valence-electron chi connectivity index (χ1n) is 5.21. The highest BCUT2D eigenvalue weighted by molar-refractivity contribution is 14.1. The predicted molar refractivity (Wildman–Crippen MR) is 72.9 cm³/mol. The van der Waals surface area contributed by atoms with Gasteiger partial charge in [0.15, 0.2) is 0 Å². The summed E-state index contributed by atoms with van der Waals surface area (Å²) < 4.78 is 0.801. The minimum Gasteiger partial charge on any atom is -0.480 e. The number of amides is 1. The highest BCUT2D eigenvalue weighted by atomic mass is 127. The number of rotatable bonds is 4. The van der Waals surface area contributed by atoms with Gasteiger partial charge in [-0.25, -0.2) is 4.79 Å². The van der Waals surface area contributed by atoms with E-state index in [1.54, 1.807) is 32.0 Å². The molecule has 0 aromatic heterocycles. The molecule has 1 aromatic carbocycles. The first-order valence-corrected chi connectivity index (χ1v) is 6.29. The number of carboxylic acids is 1. The van der Waals surface area contributed by atoms with Crippen LogP contribution in [0.5, 0.6) is 0 Å². The topological polar surface area (TPSA) is 66.4 Å². The second kappa shape index (κ2) is 6.00. The van der Waals surface area contributed by atoms with E-state index in [1.807, 2.05) is 28.7 Å². The Labute approximate surface area is 114 Å². The van der Waals surface area contributed by atoms with Crippen LogP contribution >= 0.6 is 22.6 Å². The molecule has 0 aliphatic carbocycles. The Hall–Kier alpha value is -1.11. The summed E-state index contributed by atoms with van der Waals surface area (Å²) in [6, 6.07) is 6.20. The van der Waals surface area contributed by atoms with Crippen molar-refractivity contribution in [3.63, 3.8) is 0 Å². The van der Waals surface area contributed by atoms with E-state index in [0.717, 1.165) is 3.57 Å². The van der Waals surface area contributed by atoms with Crippen molar-refractivity contribution in [2.24, 2.45) is 5.92 Å². The molecule has 1 rings (SSSR count). The number of halogens is 1. The molecule has 92 valence electrons. The number of hydrogen-bond donors (Lipinski definition) is 2. The molecule has 0 radical (unpaired) electrons. The fourth-order valence-electron chi connectivity index (χ4n) is 1.38. The Bertz CT molecular complexity index is 432. The van der Waals surface area contributed by atoms with E-state index in [1.165, 1.54) is 0 Å². The van der Waals surface area contributed by atoms with Crippen molar-refractivity contribution in [3.05, 3.63) is 33.4 Å². The first-order chi connectivity index (χ1) is 7.93. The van der Waals surface area contributed by atoms with E-state index in [9.17, 15) is 9.59 Å². The van der Waals surface area contributed by atoms with Crippen LogP contribution in [0.15, 0.2) is 24.3 Å². The number of carbonyl (C=O) groups excluding carboxylic acids is 1. The molecule has 0 bridgehead atoms. The van der Waals surface area contributed by atoms with Crippen molar-refractivity contribution in [2.75, 3.05) is 0 Å². The number of carboxylic acid groups (broad SMARTS) is 1. The maximum Gasteiger partial charge on any atom is 0.326 e. The summed E-state index contributed by atoms with van der Waals surface area (Å²) >= 11 is 2.05. The molecule has 5 heteroatoms. The van der Waals surface area contributed by atoms with E-state index in [4.69, 9.17) is 5.11 Å². The number of hydrogen-bond acceptors (Lipinski definition) is 2. The first kappa shape index (κ1) is 14.0. The van der Waals surface area contributed by atoms with Gasteiger partial charge in [0.05, 0.1) is 5.56 Å². The smallest absolute Gasteiger partial charge is 0.326 e. The van der Waals surface area contributed by atoms with E-state index < -0.39 is 12.0 Å². The van der Waals surface area contributed by atoms with Crippen molar-refractivity contribution in [2.45, 2.75) is 19.9 Å². The molecule has 0 spiro atoms. The van der Waals surface area contributed by atoms with Crippen molar-refractivity contribution >= 4 is 34.5 Å². The van der Waals surface area contributed by atoms with Gasteiger partial charge in [0.2, 0.25) is 0 Å². The number of nitrogens with one attached hydrogen (secondary N) is 1. The van der Waals surface area contributed by atoms with Crippen molar-refractivity contribution in [1.82, 2.24) is 5.32 Å². The largest absolute Gasteiger partial charge is 0.480 e. The fraction of sp³-hybridized carbons (Fsp3) is 0.333. The maximum atomic E-state index is 11.9. The van der Waals surface area contributed by atoms with Crippen LogP contribution in [-0.4, -0.2) is 23.0 Å². The standard InChI is InChI=1S/C12H14INO3/c1-7(2)10(12(16)17)14-11(15)8-5-3-4-6-9(8)13/h3-7,10H,1-2H3,(H,14,15)(H,16,17)/t10-/m0/s1. The molecular formula is C12H14INO3. The zero-order chi connectivity index (χ0) is 13.0. The van der Waals surface area contributed by atoms with Gasteiger partial charge in [-0.05, 0) is 40.6 Å². The molecule has 1 amide bonds. The van der Waals surface area contributed by atoms with Gasteiger partial charge in [-0.1, -0.05) is 26.0 Å². The highest BCUT2D eigenvalue weighted by Gasteiger charge is 2.24. The Morgan fingerprint density at radius 1 is 1.29 bits per heavy atom. The zero-order valence-corrected chi connectivity index (χ0v) is 11.8. The van der Waals surface area contributed by atoms with Gasteiger partial charge in [0.25, 0.3) is 5.91 Å². The number of carbonyl (C=O) groups is 2. The average Bonchev–Trinajstić information content (AvgIpc) is 2.25. The van der Waals surface area contributed by atoms with E-state index in [-0.39, 0.29) is 11.8 Å². The lowest BCUT2D eigenvalue weighted by Crippen LogP contribution is -2.44. The fourth-order valence-corrected chi connectivity index (χ4v) is 2.01. The molecule has 1 aromatic rings. The van der Waals surface area contributed by atoms with Crippen LogP contribution in [0.25, 0.3) is 0 Å². The van der Waals surface area contributed by atoms with Gasteiger partial charge in [-0.2, -0.15) is 0 Å². The monoisotopic (exact) mass is 347 g/mol. The number of benzene rings is 1. The van der Waals surface area contributed by atoms with Crippen molar-refractivity contribution in [3.8, 4) is 0 Å². The quantitative estimate of drug-likeness (QED) is 0.820. The summed E-state index contributed by atoms with van der Waals surface area (Å²) in [6.07, 6.45) is 0. The van der Waals surface area contributed by atoms with Gasteiger partial charge < -0.3 is 10.4 Å². The third-order valence-electron chi connectivity index (χ3n) is 2.34. The van der Waals surface area contributed by atoms with E-state index >= 15 is 0 Å². The average molecular weight is 347 g/mol. The second-order valence-corrected chi connectivity index (χ2v) is 5.18. The Morgan fingerprint density at radius 2 is 1.88 bits per heavy atom. The molecule has 4 nitrogen and oxygen atoms in total. The molecule has 0 saturated heterocycles. The van der Waals surface area contributed by atoms with Crippen LogP contribution in [0.4, 0.5) is 0 Å². The lowest BCUT2D eigenvalue weighted by molar-refractivity contribution is -0.140. The van der Waals surface area contributed by atoms with Gasteiger partial charge >= 0.3 is 5.97 Å². The summed E-state index contributed by atoms with van der Waals surface area (Å²) in [6.45, 7) is 3.52. The Balaban J connectivity index is 2.85.